The predicted molar refractivity (Wildman–Crippen MR) is 81.9 cm³/mol. The third-order valence-corrected chi connectivity index (χ3v) is 4.13. The van der Waals surface area contributed by atoms with Gasteiger partial charge in [0.25, 0.3) is 0 Å². The molecule has 1 aromatic heterocycles. The number of halogens is 1. The summed E-state index contributed by atoms with van der Waals surface area (Å²) in [6.07, 6.45) is 5.77. The van der Waals surface area contributed by atoms with E-state index in [0.717, 1.165) is 48.5 Å². The Kier molecular flexibility index (Phi) is 5.46. The first-order valence-electron chi connectivity index (χ1n) is 7.34. The fourth-order valence-electron chi connectivity index (χ4n) is 2.66. The van der Waals surface area contributed by atoms with Crippen LogP contribution in [0.2, 0.25) is 5.02 Å². The largest absolute Gasteiger partial charge is 0.355 e. The third-order valence-electron chi connectivity index (χ3n) is 3.85. The van der Waals surface area contributed by atoms with Gasteiger partial charge in [-0.2, -0.15) is 0 Å². The van der Waals surface area contributed by atoms with Gasteiger partial charge in [-0.3, -0.25) is 0 Å². The summed E-state index contributed by atoms with van der Waals surface area (Å²) in [5.41, 5.74) is 1.15. The van der Waals surface area contributed by atoms with Gasteiger partial charge in [-0.25, -0.2) is 4.98 Å². The van der Waals surface area contributed by atoms with Crippen LogP contribution >= 0.6 is 11.6 Å². The highest BCUT2D eigenvalue weighted by Gasteiger charge is 2.21. The minimum Gasteiger partial charge on any atom is -0.355 e. The van der Waals surface area contributed by atoms with E-state index < -0.39 is 0 Å². The number of hydrogen-bond acceptors (Lipinski definition) is 3. The molecule has 1 unspecified atom stereocenters. The number of anilines is 1. The van der Waals surface area contributed by atoms with Gasteiger partial charge in [0, 0.05) is 25.8 Å². The second kappa shape index (κ2) is 7.11. The molecule has 1 saturated heterocycles. The Labute approximate surface area is 121 Å². The molecular formula is C15H24ClN3. The molecule has 19 heavy (non-hydrogen) atoms. The molecule has 2 heterocycles. The van der Waals surface area contributed by atoms with E-state index in [1.165, 1.54) is 19.3 Å². The first-order valence-corrected chi connectivity index (χ1v) is 7.72. The van der Waals surface area contributed by atoms with Crippen molar-refractivity contribution in [2.45, 2.75) is 39.7 Å². The summed E-state index contributed by atoms with van der Waals surface area (Å²) in [5.74, 6) is 1.74. The number of nitrogens with one attached hydrogen (secondary N) is 1. The van der Waals surface area contributed by atoms with E-state index in [9.17, 15) is 0 Å². The van der Waals surface area contributed by atoms with Gasteiger partial charge in [0.1, 0.15) is 5.82 Å². The maximum absolute atomic E-state index is 6.40. The van der Waals surface area contributed by atoms with Crippen molar-refractivity contribution in [2.24, 2.45) is 5.92 Å². The molecule has 0 aromatic carbocycles. The van der Waals surface area contributed by atoms with Gasteiger partial charge >= 0.3 is 0 Å². The quantitative estimate of drug-likeness (QED) is 0.896. The fraction of sp³-hybridized carbons (Fsp3) is 0.667. The molecule has 1 atom stereocenters. The van der Waals surface area contributed by atoms with Crippen molar-refractivity contribution in [1.29, 1.82) is 0 Å². The van der Waals surface area contributed by atoms with Crippen LogP contribution < -0.4 is 10.2 Å². The highest BCUT2D eigenvalue weighted by atomic mass is 35.5. The molecule has 1 N–H and O–H groups in total. The average molecular weight is 282 g/mol. The van der Waals surface area contributed by atoms with E-state index in [1.807, 2.05) is 12.3 Å². The third kappa shape index (κ3) is 3.83. The normalized spacial score (nSPS) is 19.7. The number of piperidine rings is 1. The van der Waals surface area contributed by atoms with Crippen LogP contribution in [0.3, 0.4) is 0 Å². The van der Waals surface area contributed by atoms with Crippen LogP contribution in [0.25, 0.3) is 0 Å². The van der Waals surface area contributed by atoms with Crippen molar-refractivity contribution in [3.8, 4) is 0 Å². The Bertz CT molecular complexity index is 408. The maximum atomic E-state index is 6.40. The Morgan fingerprint density at radius 1 is 1.47 bits per heavy atom. The molecule has 3 nitrogen and oxygen atoms in total. The van der Waals surface area contributed by atoms with Gasteiger partial charge < -0.3 is 10.2 Å². The molecule has 0 saturated carbocycles. The molecule has 1 aliphatic rings. The number of nitrogens with zero attached hydrogens (tertiary/aromatic N) is 2. The highest BCUT2D eigenvalue weighted by Crippen LogP contribution is 2.29. The summed E-state index contributed by atoms with van der Waals surface area (Å²) in [5, 5.41) is 4.08. The zero-order valence-corrected chi connectivity index (χ0v) is 12.7. The molecule has 0 radical (unpaired) electrons. The van der Waals surface area contributed by atoms with Gasteiger partial charge in [0.2, 0.25) is 0 Å². The number of rotatable bonds is 5. The van der Waals surface area contributed by atoms with Crippen LogP contribution in [0.1, 0.15) is 38.7 Å². The molecule has 1 aliphatic heterocycles. The van der Waals surface area contributed by atoms with E-state index in [4.69, 9.17) is 11.6 Å². The SMILES string of the molecule is CCNCc1cnc(N2CCCC(CC)C2)c(Cl)c1. The van der Waals surface area contributed by atoms with Crippen LogP contribution in [0.15, 0.2) is 12.3 Å². The molecule has 0 aliphatic carbocycles. The molecule has 4 heteroatoms. The smallest absolute Gasteiger partial charge is 0.147 e. The summed E-state index contributed by atoms with van der Waals surface area (Å²) in [6, 6.07) is 2.04. The Hall–Kier alpha value is -0.800. The Morgan fingerprint density at radius 3 is 3.00 bits per heavy atom. The monoisotopic (exact) mass is 281 g/mol. The second-order valence-corrected chi connectivity index (χ2v) is 5.70. The first-order chi connectivity index (χ1) is 9.24. The molecule has 106 valence electrons. The topological polar surface area (TPSA) is 28.2 Å². The van der Waals surface area contributed by atoms with Crippen LogP contribution in [0, 0.1) is 5.92 Å². The van der Waals surface area contributed by atoms with E-state index in [0.29, 0.717) is 0 Å². The Balaban J connectivity index is 2.07. The van der Waals surface area contributed by atoms with E-state index >= 15 is 0 Å². The zero-order chi connectivity index (χ0) is 13.7. The van der Waals surface area contributed by atoms with Gasteiger partial charge in [-0.05, 0) is 36.9 Å². The summed E-state index contributed by atoms with van der Waals surface area (Å²) in [6.45, 7) is 8.33. The fourth-order valence-corrected chi connectivity index (χ4v) is 2.97. The molecule has 0 spiro atoms. The zero-order valence-electron chi connectivity index (χ0n) is 12.0. The highest BCUT2D eigenvalue weighted by molar-refractivity contribution is 6.33. The van der Waals surface area contributed by atoms with Crippen LogP contribution in [-0.2, 0) is 6.54 Å². The predicted octanol–water partition coefficient (Wildman–Crippen LogP) is 3.47. The van der Waals surface area contributed by atoms with Crippen molar-refractivity contribution in [3.05, 3.63) is 22.8 Å². The lowest BCUT2D eigenvalue weighted by molar-refractivity contribution is 0.403. The molecule has 1 fully saturated rings. The first kappa shape index (κ1) is 14.6. The number of pyridine rings is 1. The van der Waals surface area contributed by atoms with Gasteiger partial charge in [0.05, 0.1) is 5.02 Å². The summed E-state index contributed by atoms with van der Waals surface area (Å²) < 4.78 is 0. The van der Waals surface area contributed by atoms with Crippen LogP contribution in [0.5, 0.6) is 0 Å². The molecular weight excluding hydrogens is 258 g/mol. The van der Waals surface area contributed by atoms with Crippen molar-refractivity contribution in [3.63, 3.8) is 0 Å². The van der Waals surface area contributed by atoms with Crippen molar-refractivity contribution >= 4 is 17.4 Å². The van der Waals surface area contributed by atoms with E-state index in [2.05, 4.69) is 29.0 Å². The van der Waals surface area contributed by atoms with Crippen molar-refractivity contribution < 1.29 is 0 Å². The molecule has 0 amide bonds. The van der Waals surface area contributed by atoms with Gasteiger partial charge in [-0.15, -0.1) is 0 Å². The molecule has 2 rings (SSSR count). The second-order valence-electron chi connectivity index (χ2n) is 5.29. The summed E-state index contributed by atoms with van der Waals surface area (Å²) in [4.78, 5) is 6.92. The minimum absolute atomic E-state index is 0.784. The number of aromatic nitrogens is 1. The molecule has 1 aromatic rings. The van der Waals surface area contributed by atoms with E-state index in [-0.39, 0.29) is 0 Å². The number of hydrogen-bond donors (Lipinski definition) is 1. The van der Waals surface area contributed by atoms with Crippen LogP contribution in [-0.4, -0.2) is 24.6 Å². The van der Waals surface area contributed by atoms with Crippen molar-refractivity contribution in [1.82, 2.24) is 10.3 Å². The lowest BCUT2D eigenvalue weighted by Gasteiger charge is -2.33. The van der Waals surface area contributed by atoms with E-state index in [1.54, 1.807) is 0 Å². The Morgan fingerprint density at radius 2 is 2.32 bits per heavy atom. The van der Waals surface area contributed by atoms with Crippen LogP contribution in [0.4, 0.5) is 5.82 Å². The maximum Gasteiger partial charge on any atom is 0.147 e. The molecule has 0 bridgehead atoms. The lowest BCUT2D eigenvalue weighted by Crippen LogP contribution is -2.35. The average Bonchev–Trinajstić information content (AvgIpc) is 2.45. The van der Waals surface area contributed by atoms with Gasteiger partial charge in [0.15, 0.2) is 0 Å². The summed E-state index contributed by atoms with van der Waals surface area (Å²) in [7, 11) is 0. The van der Waals surface area contributed by atoms with Crippen molar-refractivity contribution in [2.75, 3.05) is 24.5 Å². The minimum atomic E-state index is 0.784. The standard InChI is InChI=1S/C15H24ClN3/c1-3-12-6-5-7-19(11-12)15-14(16)8-13(10-18-15)9-17-4-2/h8,10,12,17H,3-7,9,11H2,1-2H3. The summed E-state index contributed by atoms with van der Waals surface area (Å²) >= 11 is 6.40. The lowest BCUT2D eigenvalue weighted by atomic mass is 9.96. The van der Waals surface area contributed by atoms with Gasteiger partial charge in [-0.1, -0.05) is 31.9 Å².